The lowest BCUT2D eigenvalue weighted by molar-refractivity contribution is 0.0776. The van der Waals surface area contributed by atoms with E-state index in [0.717, 1.165) is 16.4 Å². The lowest BCUT2D eigenvalue weighted by Crippen LogP contribution is -2.28. The number of nitrogens with zero attached hydrogens (tertiary/aromatic N) is 3. The zero-order valence-electron chi connectivity index (χ0n) is 17.1. The summed E-state index contributed by atoms with van der Waals surface area (Å²) in [6, 6.07) is 15.5. The second kappa shape index (κ2) is 9.52. The predicted molar refractivity (Wildman–Crippen MR) is 115 cm³/mol. The molecule has 7 heteroatoms. The fourth-order valence-corrected chi connectivity index (χ4v) is 3.63. The van der Waals surface area contributed by atoms with Crippen LogP contribution in [0.15, 0.2) is 59.9 Å². The number of imidazole rings is 1. The van der Waals surface area contributed by atoms with Crippen molar-refractivity contribution in [2.75, 3.05) is 27.0 Å². The van der Waals surface area contributed by atoms with Crippen molar-refractivity contribution in [1.82, 2.24) is 14.5 Å². The Bertz CT molecular complexity index is 973. The van der Waals surface area contributed by atoms with E-state index in [-0.39, 0.29) is 5.91 Å². The van der Waals surface area contributed by atoms with E-state index in [1.165, 1.54) is 11.8 Å². The normalized spacial score (nSPS) is 10.6. The number of methoxy groups -OCH3 is 1. The first-order valence-electron chi connectivity index (χ1n) is 9.31. The Kier molecular flexibility index (Phi) is 6.82. The molecule has 0 saturated carbocycles. The fraction of sp³-hybridized carbons (Fsp3) is 0.273. The molecule has 2 aromatic carbocycles. The maximum Gasteiger partial charge on any atom is 0.272 e. The third kappa shape index (κ3) is 4.56. The molecular weight excluding hydrogens is 386 g/mol. The number of thioether (sulfide) groups is 1. The van der Waals surface area contributed by atoms with Crippen molar-refractivity contribution in [1.29, 1.82) is 0 Å². The van der Waals surface area contributed by atoms with Crippen LogP contribution in [-0.4, -0.2) is 47.4 Å². The third-order valence-electron chi connectivity index (χ3n) is 4.44. The number of carbonyl (C=O) groups excluding carboxylic acids is 1. The summed E-state index contributed by atoms with van der Waals surface area (Å²) in [5.74, 6) is 1.25. The predicted octanol–water partition coefficient (Wildman–Crippen LogP) is 4.27. The highest BCUT2D eigenvalue weighted by molar-refractivity contribution is 7.98. The van der Waals surface area contributed by atoms with Crippen molar-refractivity contribution in [3.05, 3.63) is 66.0 Å². The molecule has 0 unspecified atom stereocenters. The highest BCUT2D eigenvalue weighted by Gasteiger charge is 2.21. The van der Waals surface area contributed by atoms with Gasteiger partial charge in [0.25, 0.3) is 5.91 Å². The molecule has 0 saturated heterocycles. The van der Waals surface area contributed by atoms with Gasteiger partial charge in [-0.2, -0.15) is 0 Å². The highest BCUT2D eigenvalue weighted by atomic mass is 32.2. The van der Waals surface area contributed by atoms with E-state index in [4.69, 9.17) is 9.47 Å². The highest BCUT2D eigenvalue weighted by Crippen LogP contribution is 2.29. The van der Waals surface area contributed by atoms with Gasteiger partial charge in [0.15, 0.2) is 16.7 Å². The summed E-state index contributed by atoms with van der Waals surface area (Å²) in [6.07, 6.45) is 3.59. The number of hydrogen-bond acceptors (Lipinski definition) is 5. The maximum atomic E-state index is 13.2. The maximum absolute atomic E-state index is 13.2. The quantitative estimate of drug-likeness (QED) is 0.518. The van der Waals surface area contributed by atoms with Gasteiger partial charge in [0.2, 0.25) is 0 Å². The van der Waals surface area contributed by atoms with Crippen LogP contribution in [0.1, 0.15) is 23.0 Å². The van der Waals surface area contributed by atoms with Crippen LogP contribution in [-0.2, 0) is 6.54 Å². The number of amides is 1. The van der Waals surface area contributed by atoms with Crippen molar-refractivity contribution < 1.29 is 14.3 Å². The molecule has 1 amide bonds. The first-order chi connectivity index (χ1) is 14.1. The molecule has 152 valence electrons. The SMILES string of the molecule is CCOc1ccc(CN(C)C(=O)c2cnc(SC)n2-c2ccccc2)cc1OC. The Morgan fingerprint density at radius 2 is 1.93 bits per heavy atom. The molecule has 0 N–H and O–H groups in total. The van der Waals surface area contributed by atoms with Crippen LogP contribution < -0.4 is 9.47 Å². The average molecular weight is 412 g/mol. The van der Waals surface area contributed by atoms with Crippen LogP contribution in [0.5, 0.6) is 11.5 Å². The lowest BCUT2D eigenvalue weighted by atomic mass is 10.2. The van der Waals surface area contributed by atoms with Crippen molar-refractivity contribution in [3.63, 3.8) is 0 Å². The van der Waals surface area contributed by atoms with E-state index in [1.807, 2.05) is 66.3 Å². The second-order valence-corrected chi connectivity index (χ2v) is 7.15. The van der Waals surface area contributed by atoms with Gasteiger partial charge in [-0.05, 0) is 43.0 Å². The largest absolute Gasteiger partial charge is 0.493 e. The number of ether oxygens (including phenoxy) is 2. The molecule has 1 aromatic heterocycles. The van der Waals surface area contributed by atoms with Gasteiger partial charge in [0.1, 0.15) is 5.69 Å². The molecular formula is C22H25N3O3S. The zero-order valence-corrected chi connectivity index (χ0v) is 17.9. The van der Waals surface area contributed by atoms with Crippen molar-refractivity contribution in [2.45, 2.75) is 18.6 Å². The van der Waals surface area contributed by atoms with Crippen molar-refractivity contribution in [3.8, 4) is 17.2 Å². The molecule has 0 radical (unpaired) electrons. The topological polar surface area (TPSA) is 56.6 Å². The Labute approximate surface area is 175 Å². The van der Waals surface area contributed by atoms with Gasteiger partial charge in [-0.15, -0.1) is 0 Å². The number of rotatable bonds is 8. The van der Waals surface area contributed by atoms with Gasteiger partial charge in [-0.1, -0.05) is 36.0 Å². The van der Waals surface area contributed by atoms with E-state index in [2.05, 4.69) is 4.98 Å². The molecule has 1 heterocycles. The minimum atomic E-state index is -0.102. The molecule has 3 rings (SSSR count). The number of hydrogen-bond donors (Lipinski definition) is 0. The smallest absolute Gasteiger partial charge is 0.272 e. The second-order valence-electron chi connectivity index (χ2n) is 6.38. The minimum Gasteiger partial charge on any atom is -0.493 e. The van der Waals surface area contributed by atoms with Crippen LogP contribution in [0, 0.1) is 0 Å². The molecule has 29 heavy (non-hydrogen) atoms. The van der Waals surface area contributed by atoms with E-state index in [0.29, 0.717) is 30.3 Å². The molecule has 0 atom stereocenters. The fourth-order valence-electron chi connectivity index (χ4n) is 3.08. The summed E-state index contributed by atoms with van der Waals surface area (Å²) in [4.78, 5) is 19.3. The average Bonchev–Trinajstić information content (AvgIpc) is 3.19. The summed E-state index contributed by atoms with van der Waals surface area (Å²) in [7, 11) is 3.39. The van der Waals surface area contributed by atoms with Crippen LogP contribution >= 0.6 is 11.8 Å². The Morgan fingerprint density at radius 3 is 2.59 bits per heavy atom. The lowest BCUT2D eigenvalue weighted by Gasteiger charge is -2.19. The Hall–Kier alpha value is -2.93. The molecule has 0 aliphatic rings. The van der Waals surface area contributed by atoms with E-state index >= 15 is 0 Å². The number of benzene rings is 2. The summed E-state index contributed by atoms with van der Waals surface area (Å²) in [5, 5.41) is 0.774. The molecule has 0 aliphatic carbocycles. The van der Waals surface area contributed by atoms with Gasteiger partial charge in [0, 0.05) is 19.3 Å². The Balaban J connectivity index is 1.85. The summed E-state index contributed by atoms with van der Waals surface area (Å²) in [6.45, 7) is 2.93. The van der Waals surface area contributed by atoms with Crippen molar-refractivity contribution >= 4 is 17.7 Å². The zero-order chi connectivity index (χ0) is 20.8. The summed E-state index contributed by atoms with van der Waals surface area (Å²) in [5.41, 5.74) is 2.40. The van der Waals surface area contributed by atoms with Crippen LogP contribution in [0.25, 0.3) is 5.69 Å². The molecule has 3 aromatic rings. The molecule has 0 bridgehead atoms. The van der Waals surface area contributed by atoms with Crippen LogP contribution in [0.3, 0.4) is 0 Å². The first-order valence-corrected chi connectivity index (χ1v) is 10.5. The van der Waals surface area contributed by atoms with E-state index in [9.17, 15) is 4.79 Å². The Morgan fingerprint density at radius 1 is 1.17 bits per heavy atom. The minimum absolute atomic E-state index is 0.102. The third-order valence-corrected chi connectivity index (χ3v) is 5.09. The van der Waals surface area contributed by atoms with Gasteiger partial charge in [-0.3, -0.25) is 9.36 Å². The molecule has 0 aliphatic heterocycles. The first kappa shape index (κ1) is 20.8. The van der Waals surface area contributed by atoms with E-state index < -0.39 is 0 Å². The van der Waals surface area contributed by atoms with Crippen LogP contribution in [0.2, 0.25) is 0 Å². The monoisotopic (exact) mass is 411 g/mol. The summed E-state index contributed by atoms with van der Waals surface area (Å²) < 4.78 is 12.9. The molecule has 0 fully saturated rings. The van der Waals surface area contributed by atoms with Gasteiger partial charge in [-0.25, -0.2) is 4.98 Å². The van der Waals surface area contributed by atoms with Crippen molar-refractivity contribution in [2.24, 2.45) is 0 Å². The van der Waals surface area contributed by atoms with Crippen LogP contribution in [0.4, 0.5) is 0 Å². The van der Waals surface area contributed by atoms with Gasteiger partial charge >= 0.3 is 0 Å². The van der Waals surface area contributed by atoms with Gasteiger partial charge < -0.3 is 14.4 Å². The molecule has 6 nitrogen and oxygen atoms in total. The number of carbonyl (C=O) groups is 1. The van der Waals surface area contributed by atoms with E-state index in [1.54, 1.807) is 25.3 Å². The number of aromatic nitrogens is 2. The summed E-state index contributed by atoms with van der Waals surface area (Å²) >= 11 is 1.51. The number of para-hydroxylation sites is 1. The van der Waals surface area contributed by atoms with Gasteiger partial charge in [0.05, 0.1) is 19.9 Å². The standard InChI is InChI=1S/C22H25N3O3S/c1-5-28-19-12-11-16(13-20(19)27-3)15-24(2)21(26)18-14-23-22(29-4)25(18)17-9-7-6-8-10-17/h6-14H,5,15H2,1-4H3. The molecule has 0 spiro atoms.